The molecule has 2 aromatic heterocycles. The molecule has 8 nitrogen and oxygen atoms in total. The van der Waals surface area contributed by atoms with E-state index in [1.807, 2.05) is 24.3 Å². The van der Waals surface area contributed by atoms with Crippen LogP contribution in [0.4, 0.5) is 14.5 Å². The van der Waals surface area contributed by atoms with Crippen molar-refractivity contribution in [2.75, 3.05) is 31.8 Å². The van der Waals surface area contributed by atoms with E-state index in [-0.39, 0.29) is 23.2 Å². The van der Waals surface area contributed by atoms with Gasteiger partial charge in [0, 0.05) is 72.7 Å². The van der Waals surface area contributed by atoms with Gasteiger partial charge in [-0.05, 0) is 50.5 Å². The normalized spacial score (nSPS) is 11.1. The fourth-order valence-corrected chi connectivity index (χ4v) is 5.98. The average Bonchev–Trinajstić information content (AvgIpc) is 3.13. The van der Waals surface area contributed by atoms with Gasteiger partial charge in [-0.2, -0.15) is 0 Å². The van der Waals surface area contributed by atoms with E-state index in [2.05, 4.69) is 23.9 Å². The van der Waals surface area contributed by atoms with E-state index in [0.717, 1.165) is 69.7 Å². The molecule has 268 valence electrons. The van der Waals surface area contributed by atoms with Gasteiger partial charge in [-0.25, -0.2) is 13.3 Å². The van der Waals surface area contributed by atoms with Gasteiger partial charge >= 0.3 is 0 Å². The Morgan fingerprint density at radius 3 is 2.20 bits per heavy atom. The van der Waals surface area contributed by atoms with Crippen molar-refractivity contribution in [3.8, 4) is 22.9 Å². The molecule has 10 heteroatoms. The quantitative estimate of drug-likeness (QED) is 0.0679. The summed E-state index contributed by atoms with van der Waals surface area (Å²) in [4.78, 5) is 29.2. The molecule has 0 radical (unpaired) electrons. The van der Waals surface area contributed by atoms with Gasteiger partial charge in [-0.1, -0.05) is 32.3 Å². The molecule has 0 saturated carbocycles. The van der Waals surface area contributed by atoms with Crippen LogP contribution in [0.3, 0.4) is 0 Å². The molecular formula is C41H46F2N3O5+. The van der Waals surface area contributed by atoms with Crippen LogP contribution in [0.15, 0.2) is 96.2 Å². The molecule has 0 saturated heterocycles. The third-order valence-electron chi connectivity index (χ3n) is 8.68. The predicted molar refractivity (Wildman–Crippen MR) is 195 cm³/mol. The van der Waals surface area contributed by atoms with Crippen LogP contribution in [0.5, 0.6) is 17.2 Å². The number of nitrogens with zero attached hydrogens (tertiary/aromatic N) is 3. The highest BCUT2D eigenvalue weighted by Crippen LogP contribution is 2.30. The lowest BCUT2D eigenvalue weighted by Crippen LogP contribution is -2.35. The average molecular weight is 699 g/mol. The molecule has 51 heavy (non-hydrogen) atoms. The van der Waals surface area contributed by atoms with Gasteiger partial charge in [0.15, 0.2) is 12.4 Å². The summed E-state index contributed by atoms with van der Waals surface area (Å²) < 4.78 is 50.1. The monoisotopic (exact) mass is 698 g/mol. The summed E-state index contributed by atoms with van der Waals surface area (Å²) in [5, 5.41) is 0.280. The number of ether oxygens (including phenoxy) is 3. The molecule has 0 fully saturated rings. The minimum absolute atomic E-state index is 0.0119. The van der Waals surface area contributed by atoms with E-state index in [9.17, 15) is 18.4 Å². The number of fused-ring (bicyclic) bond motifs is 1. The van der Waals surface area contributed by atoms with Crippen molar-refractivity contribution < 1.29 is 32.4 Å². The van der Waals surface area contributed by atoms with E-state index in [0.29, 0.717) is 41.7 Å². The second-order valence-corrected chi connectivity index (χ2v) is 12.4. The van der Waals surface area contributed by atoms with Crippen molar-refractivity contribution in [2.45, 2.75) is 65.3 Å². The Morgan fingerprint density at radius 2 is 1.47 bits per heavy atom. The van der Waals surface area contributed by atoms with Crippen LogP contribution in [0.2, 0.25) is 0 Å². The third kappa shape index (κ3) is 9.72. The van der Waals surface area contributed by atoms with Crippen LogP contribution in [-0.2, 0) is 6.54 Å². The number of hydrogen-bond acceptors (Lipinski definition) is 5. The number of aromatic nitrogens is 2. The molecule has 5 aromatic rings. The van der Waals surface area contributed by atoms with Crippen LogP contribution >= 0.6 is 0 Å². The highest BCUT2D eigenvalue weighted by atomic mass is 19.1. The zero-order valence-corrected chi connectivity index (χ0v) is 29.6. The number of unbranched alkanes of at least 4 members (excludes halogenated alkanes) is 5. The van der Waals surface area contributed by atoms with E-state index in [4.69, 9.17) is 14.2 Å². The summed E-state index contributed by atoms with van der Waals surface area (Å²) in [6.45, 7) is 5.86. The number of anilines is 1. The Morgan fingerprint density at radius 1 is 0.784 bits per heavy atom. The van der Waals surface area contributed by atoms with E-state index < -0.39 is 23.0 Å². The van der Waals surface area contributed by atoms with Gasteiger partial charge < -0.3 is 23.7 Å². The molecule has 5 rings (SSSR count). The molecule has 0 bridgehead atoms. The molecule has 1 amide bonds. The highest BCUT2D eigenvalue weighted by Gasteiger charge is 2.24. The first-order chi connectivity index (χ1) is 24.8. The summed E-state index contributed by atoms with van der Waals surface area (Å²) in [5.41, 5.74) is 0.442. The maximum absolute atomic E-state index is 14.2. The van der Waals surface area contributed by atoms with Gasteiger partial charge in [0.05, 0.1) is 31.5 Å². The van der Waals surface area contributed by atoms with Crippen LogP contribution in [0.25, 0.3) is 16.6 Å². The molecule has 0 atom stereocenters. The van der Waals surface area contributed by atoms with Gasteiger partial charge in [0.1, 0.15) is 41.0 Å². The molecule has 0 aliphatic heterocycles. The maximum Gasteiger partial charge on any atom is 0.263 e. The summed E-state index contributed by atoms with van der Waals surface area (Å²) >= 11 is 0. The molecule has 0 unspecified atom stereocenters. The first-order valence-corrected chi connectivity index (χ1v) is 17.7. The summed E-state index contributed by atoms with van der Waals surface area (Å²) in [6, 6.07) is 19.5. The predicted octanol–water partition coefficient (Wildman–Crippen LogP) is 8.44. The van der Waals surface area contributed by atoms with Crippen LogP contribution in [0, 0.1) is 11.6 Å². The maximum atomic E-state index is 14.2. The van der Waals surface area contributed by atoms with Gasteiger partial charge in [-0.3, -0.25) is 9.59 Å². The number of carbonyl (C=O) groups is 1. The van der Waals surface area contributed by atoms with Crippen molar-refractivity contribution in [3.63, 3.8) is 0 Å². The number of aryl methyl sites for hydroxylation is 1. The summed E-state index contributed by atoms with van der Waals surface area (Å²) in [7, 11) is 1.55. The minimum atomic E-state index is -0.825. The number of benzene rings is 3. The fourth-order valence-electron chi connectivity index (χ4n) is 5.98. The highest BCUT2D eigenvalue weighted by molar-refractivity contribution is 6.07. The van der Waals surface area contributed by atoms with Crippen LogP contribution in [0.1, 0.15) is 69.2 Å². The van der Waals surface area contributed by atoms with Crippen molar-refractivity contribution >= 4 is 22.5 Å². The second-order valence-electron chi connectivity index (χ2n) is 12.4. The number of halogens is 2. The Kier molecular flexibility index (Phi) is 13.2. The van der Waals surface area contributed by atoms with Crippen molar-refractivity contribution in [1.29, 1.82) is 0 Å². The molecule has 2 heterocycles. The largest absolute Gasteiger partial charge is 0.497 e. The summed E-state index contributed by atoms with van der Waals surface area (Å²) in [6.07, 6.45) is 12.8. The van der Waals surface area contributed by atoms with Crippen molar-refractivity contribution in [2.24, 2.45) is 0 Å². The lowest BCUT2D eigenvalue weighted by atomic mass is 10.1. The zero-order valence-electron chi connectivity index (χ0n) is 29.6. The van der Waals surface area contributed by atoms with E-state index >= 15 is 0 Å². The number of methoxy groups -OCH3 is 1. The molecule has 3 aromatic carbocycles. The second kappa shape index (κ2) is 18.1. The fraction of sp³-hybridized carbons (Fsp3) is 0.341. The number of pyridine rings is 2. The van der Waals surface area contributed by atoms with Gasteiger partial charge in [0.25, 0.3) is 5.91 Å². The smallest absolute Gasteiger partial charge is 0.263 e. The summed E-state index contributed by atoms with van der Waals surface area (Å²) in [5.74, 6) is -0.657. The van der Waals surface area contributed by atoms with Crippen molar-refractivity contribution in [3.05, 3.63) is 119 Å². The molecule has 0 aliphatic rings. The Balaban J connectivity index is 1.43. The standard InChI is InChI=1S/C41H46F2N3O5/c1-4-6-20-51-36-26-33(25-35(27-36)49-3)46-29-38(41(48)45(5-2)32-23-30(42)22-31(43)24-32)40(47)37-16-15-34(28-39(37)46)50-21-14-9-7-8-11-17-44-18-12-10-13-19-44/h10,12-13,15-16,18-19,22-29H,4-9,11,14,17,20-21H2,1-3H3/q+1. The Bertz CT molecular complexity index is 1960. The molecule has 0 aliphatic carbocycles. The minimum Gasteiger partial charge on any atom is -0.497 e. The lowest BCUT2D eigenvalue weighted by Gasteiger charge is -2.22. The van der Waals surface area contributed by atoms with Crippen LogP contribution in [-0.4, -0.2) is 37.3 Å². The number of amides is 1. The molecule has 0 N–H and O–H groups in total. The first kappa shape index (κ1) is 37.0. The number of rotatable bonds is 18. The Labute approximate surface area is 297 Å². The third-order valence-corrected chi connectivity index (χ3v) is 8.68. The Hall–Kier alpha value is -5.25. The van der Waals surface area contributed by atoms with Crippen LogP contribution < -0.4 is 29.1 Å². The van der Waals surface area contributed by atoms with Gasteiger partial charge in [0.2, 0.25) is 5.43 Å². The lowest BCUT2D eigenvalue weighted by molar-refractivity contribution is -0.697. The topological polar surface area (TPSA) is 73.9 Å². The van der Waals surface area contributed by atoms with Gasteiger partial charge in [-0.15, -0.1) is 0 Å². The zero-order chi connectivity index (χ0) is 36.2. The van der Waals surface area contributed by atoms with E-state index in [1.165, 1.54) is 11.1 Å². The number of carbonyl (C=O) groups excluding carboxylic acids is 1. The van der Waals surface area contributed by atoms with E-state index in [1.54, 1.807) is 48.9 Å². The first-order valence-electron chi connectivity index (χ1n) is 17.7. The molecular weight excluding hydrogens is 652 g/mol. The number of hydrogen-bond donors (Lipinski definition) is 0. The SMILES string of the molecule is CCCCOc1cc(OC)cc(-n2cc(C(=O)N(CC)c3cc(F)cc(F)c3)c(=O)c3ccc(OCCCCCCC[n+]4ccccc4)cc32)c1. The molecule has 0 spiro atoms. The van der Waals surface area contributed by atoms with Crippen molar-refractivity contribution in [1.82, 2.24) is 4.57 Å².